The number of aromatic amines is 1. The van der Waals surface area contributed by atoms with Crippen LogP contribution in [0.3, 0.4) is 0 Å². The largest absolute Gasteiger partial charge is 0.342 e. The number of hydrogen-bond acceptors (Lipinski definition) is 2. The second kappa shape index (κ2) is 4.18. The molecule has 1 aliphatic rings. The third-order valence-electron chi connectivity index (χ3n) is 3.16. The highest BCUT2D eigenvalue weighted by atomic mass is 35.5. The lowest BCUT2D eigenvalue weighted by molar-refractivity contribution is 0.276. The zero-order valence-electron chi connectivity index (χ0n) is 9.29. The summed E-state index contributed by atoms with van der Waals surface area (Å²) in [6, 6.07) is 5.57. The Morgan fingerprint density at radius 3 is 2.88 bits per heavy atom. The molecule has 5 heteroatoms. The van der Waals surface area contributed by atoms with Gasteiger partial charge in [-0.25, -0.2) is 9.37 Å². The molecule has 1 aromatic heterocycles. The minimum Gasteiger partial charge on any atom is -0.342 e. The van der Waals surface area contributed by atoms with Gasteiger partial charge in [0, 0.05) is 18.1 Å². The number of hydrogen-bond donors (Lipinski definition) is 1. The fraction of sp³-hybridized carbons (Fsp3) is 0.417. The van der Waals surface area contributed by atoms with Gasteiger partial charge in [-0.15, -0.1) is 0 Å². The van der Waals surface area contributed by atoms with E-state index in [9.17, 15) is 4.39 Å². The molecule has 0 bridgehead atoms. The quantitative estimate of drug-likeness (QED) is 0.847. The van der Waals surface area contributed by atoms with E-state index < -0.39 is 6.17 Å². The number of piperidine rings is 1. The highest BCUT2D eigenvalue weighted by Gasteiger charge is 2.20. The van der Waals surface area contributed by atoms with E-state index >= 15 is 0 Å². The van der Waals surface area contributed by atoms with Crippen molar-refractivity contribution in [2.45, 2.75) is 19.0 Å². The summed E-state index contributed by atoms with van der Waals surface area (Å²) in [4.78, 5) is 9.81. The first-order valence-corrected chi connectivity index (χ1v) is 6.14. The van der Waals surface area contributed by atoms with Crippen LogP contribution in [0.4, 0.5) is 10.3 Å². The number of alkyl halides is 1. The van der Waals surface area contributed by atoms with Gasteiger partial charge in [0.2, 0.25) is 5.95 Å². The number of benzene rings is 1. The second-order valence-corrected chi connectivity index (χ2v) is 4.82. The van der Waals surface area contributed by atoms with Crippen molar-refractivity contribution < 1.29 is 4.39 Å². The maximum absolute atomic E-state index is 13.1. The van der Waals surface area contributed by atoms with Crippen LogP contribution < -0.4 is 4.90 Å². The van der Waals surface area contributed by atoms with E-state index in [1.165, 1.54) is 0 Å². The van der Waals surface area contributed by atoms with Gasteiger partial charge in [0.1, 0.15) is 6.17 Å². The van der Waals surface area contributed by atoms with Crippen molar-refractivity contribution in [2.75, 3.05) is 18.0 Å². The van der Waals surface area contributed by atoms with E-state index in [-0.39, 0.29) is 0 Å². The Morgan fingerprint density at radius 2 is 2.12 bits per heavy atom. The average molecular weight is 254 g/mol. The molecule has 0 aliphatic carbocycles. The van der Waals surface area contributed by atoms with Gasteiger partial charge in [0.05, 0.1) is 11.0 Å². The molecule has 2 heterocycles. The Bertz CT molecular complexity index is 532. The summed E-state index contributed by atoms with van der Waals surface area (Å²) < 4.78 is 13.1. The predicted octanol–water partition coefficient (Wildman–Crippen LogP) is 3.15. The van der Waals surface area contributed by atoms with Crippen LogP contribution in [0.15, 0.2) is 18.2 Å². The molecule has 1 fully saturated rings. The van der Waals surface area contributed by atoms with Gasteiger partial charge < -0.3 is 9.88 Å². The van der Waals surface area contributed by atoms with Crippen LogP contribution in [-0.4, -0.2) is 29.2 Å². The molecule has 0 unspecified atom stereocenters. The van der Waals surface area contributed by atoms with E-state index in [0.717, 1.165) is 17.0 Å². The first-order valence-electron chi connectivity index (χ1n) is 5.77. The summed E-state index contributed by atoms with van der Waals surface area (Å²) >= 11 is 5.92. The van der Waals surface area contributed by atoms with Crippen molar-refractivity contribution in [1.82, 2.24) is 9.97 Å². The number of imidazole rings is 1. The van der Waals surface area contributed by atoms with Gasteiger partial charge in [-0.05, 0) is 31.0 Å². The first-order chi connectivity index (χ1) is 8.22. The Labute approximate surface area is 104 Å². The number of aromatic nitrogens is 2. The summed E-state index contributed by atoms with van der Waals surface area (Å²) in [6.07, 6.45) is 0.500. The fourth-order valence-electron chi connectivity index (χ4n) is 2.18. The van der Waals surface area contributed by atoms with Crippen LogP contribution in [0, 0.1) is 0 Å². The SMILES string of the molecule is FC1CCN(c2nc3ccc(Cl)cc3[nH]2)CC1. The number of anilines is 1. The van der Waals surface area contributed by atoms with Gasteiger partial charge in [-0.2, -0.15) is 0 Å². The van der Waals surface area contributed by atoms with Gasteiger partial charge in [-0.3, -0.25) is 0 Å². The third kappa shape index (κ3) is 2.09. The molecule has 0 spiro atoms. The average Bonchev–Trinajstić information content (AvgIpc) is 2.72. The Balaban J connectivity index is 1.90. The molecule has 0 amide bonds. The van der Waals surface area contributed by atoms with Crippen LogP contribution in [0.1, 0.15) is 12.8 Å². The monoisotopic (exact) mass is 253 g/mol. The number of rotatable bonds is 1. The molecule has 1 saturated heterocycles. The lowest BCUT2D eigenvalue weighted by Gasteiger charge is -2.28. The van der Waals surface area contributed by atoms with Crippen LogP contribution in [-0.2, 0) is 0 Å². The lowest BCUT2D eigenvalue weighted by atomic mass is 10.1. The van der Waals surface area contributed by atoms with Crippen LogP contribution in [0.2, 0.25) is 5.02 Å². The van der Waals surface area contributed by atoms with Crippen molar-refractivity contribution in [3.8, 4) is 0 Å². The maximum atomic E-state index is 13.1. The smallest absolute Gasteiger partial charge is 0.203 e. The van der Waals surface area contributed by atoms with Crippen molar-refractivity contribution in [3.63, 3.8) is 0 Å². The summed E-state index contributed by atoms with van der Waals surface area (Å²) in [5, 5.41) is 0.690. The highest BCUT2D eigenvalue weighted by Crippen LogP contribution is 2.23. The first kappa shape index (κ1) is 10.8. The molecule has 1 aromatic carbocycles. The van der Waals surface area contributed by atoms with Crippen molar-refractivity contribution in [3.05, 3.63) is 23.2 Å². The lowest BCUT2D eigenvalue weighted by Crippen LogP contribution is -2.34. The number of halogens is 2. The predicted molar refractivity (Wildman–Crippen MR) is 67.4 cm³/mol. The van der Waals surface area contributed by atoms with Crippen molar-refractivity contribution in [2.24, 2.45) is 0 Å². The van der Waals surface area contributed by atoms with E-state index in [4.69, 9.17) is 11.6 Å². The Kier molecular flexibility index (Phi) is 2.67. The zero-order valence-corrected chi connectivity index (χ0v) is 10.0. The van der Waals surface area contributed by atoms with Gasteiger partial charge in [0.15, 0.2) is 0 Å². The molecule has 0 radical (unpaired) electrons. The molecule has 1 N–H and O–H groups in total. The minimum atomic E-state index is -0.662. The van der Waals surface area contributed by atoms with Crippen molar-refractivity contribution in [1.29, 1.82) is 0 Å². The number of fused-ring (bicyclic) bond motifs is 1. The van der Waals surface area contributed by atoms with E-state index in [0.29, 0.717) is 31.0 Å². The molecule has 90 valence electrons. The highest BCUT2D eigenvalue weighted by molar-refractivity contribution is 6.31. The Morgan fingerprint density at radius 1 is 1.35 bits per heavy atom. The molecule has 17 heavy (non-hydrogen) atoms. The van der Waals surface area contributed by atoms with Crippen molar-refractivity contribution >= 4 is 28.6 Å². The van der Waals surface area contributed by atoms with Crippen LogP contribution in [0.5, 0.6) is 0 Å². The summed E-state index contributed by atoms with van der Waals surface area (Å²) in [6.45, 7) is 1.43. The molecule has 2 aromatic rings. The van der Waals surface area contributed by atoms with E-state index in [2.05, 4.69) is 14.9 Å². The third-order valence-corrected chi connectivity index (χ3v) is 3.39. The Hall–Kier alpha value is -1.29. The number of nitrogens with one attached hydrogen (secondary N) is 1. The molecule has 1 aliphatic heterocycles. The second-order valence-electron chi connectivity index (χ2n) is 4.38. The van der Waals surface area contributed by atoms with Crippen LogP contribution in [0.25, 0.3) is 11.0 Å². The number of H-pyrrole nitrogens is 1. The summed E-state index contributed by atoms with van der Waals surface area (Å²) in [7, 11) is 0. The van der Waals surface area contributed by atoms with E-state index in [1.807, 2.05) is 18.2 Å². The van der Waals surface area contributed by atoms with Crippen LogP contribution >= 0.6 is 11.6 Å². The summed E-state index contributed by atoms with van der Waals surface area (Å²) in [5.41, 5.74) is 1.82. The molecular weight excluding hydrogens is 241 g/mol. The summed E-state index contributed by atoms with van der Waals surface area (Å²) in [5.74, 6) is 0.814. The molecule has 3 nitrogen and oxygen atoms in total. The molecule has 0 saturated carbocycles. The molecular formula is C12H13ClFN3. The maximum Gasteiger partial charge on any atom is 0.203 e. The minimum absolute atomic E-state index is 0.581. The van der Waals surface area contributed by atoms with Gasteiger partial charge in [-0.1, -0.05) is 11.6 Å². The standard InChI is InChI=1S/C12H13ClFN3/c13-8-1-2-10-11(7-8)16-12(15-10)17-5-3-9(14)4-6-17/h1-2,7,9H,3-6H2,(H,15,16). The van der Waals surface area contributed by atoms with E-state index in [1.54, 1.807) is 0 Å². The normalized spacial score (nSPS) is 17.9. The fourth-order valence-corrected chi connectivity index (χ4v) is 2.35. The topological polar surface area (TPSA) is 31.9 Å². The van der Waals surface area contributed by atoms with Gasteiger partial charge in [0.25, 0.3) is 0 Å². The molecule has 0 atom stereocenters. The molecule has 3 rings (SSSR count). The zero-order chi connectivity index (χ0) is 11.8. The number of nitrogens with zero attached hydrogens (tertiary/aromatic N) is 2. The van der Waals surface area contributed by atoms with Gasteiger partial charge >= 0.3 is 0 Å².